The van der Waals surface area contributed by atoms with Crippen LogP contribution in [0.2, 0.25) is 0 Å². The van der Waals surface area contributed by atoms with E-state index in [9.17, 15) is 4.79 Å². The van der Waals surface area contributed by atoms with Crippen molar-refractivity contribution in [3.63, 3.8) is 0 Å². The molecule has 1 unspecified atom stereocenters. The molecule has 0 saturated carbocycles. The highest BCUT2D eigenvalue weighted by atomic mass is 16.5. The summed E-state index contributed by atoms with van der Waals surface area (Å²) in [6, 6.07) is 28.2. The molecular formula is C33H31NO3. The van der Waals surface area contributed by atoms with E-state index in [1.807, 2.05) is 48.5 Å². The van der Waals surface area contributed by atoms with E-state index >= 15 is 0 Å². The van der Waals surface area contributed by atoms with Gasteiger partial charge in [-0.1, -0.05) is 93.3 Å². The van der Waals surface area contributed by atoms with Gasteiger partial charge in [0.15, 0.2) is 0 Å². The van der Waals surface area contributed by atoms with Crippen molar-refractivity contribution >= 4 is 27.4 Å². The highest BCUT2D eigenvalue weighted by molar-refractivity contribution is 6.11. The Morgan fingerprint density at radius 1 is 0.784 bits per heavy atom. The Balaban J connectivity index is 1.40. The van der Waals surface area contributed by atoms with E-state index in [4.69, 9.17) is 9.15 Å². The summed E-state index contributed by atoms with van der Waals surface area (Å²) in [5.41, 5.74) is 4.96. The number of rotatable bonds is 8. The third kappa shape index (κ3) is 4.37. The van der Waals surface area contributed by atoms with E-state index in [1.165, 1.54) is 25.7 Å². The average molecular weight is 490 g/mol. The minimum Gasteiger partial charge on any atom is -0.494 e. The number of para-hydroxylation sites is 1. The van der Waals surface area contributed by atoms with Gasteiger partial charge in [-0.05, 0) is 47.0 Å². The summed E-state index contributed by atoms with van der Waals surface area (Å²) in [7, 11) is 0. The van der Waals surface area contributed by atoms with Crippen LogP contribution in [-0.4, -0.2) is 6.61 Å². The molecule has 1 aliphatic heterocycles. The summed E-state index contributed by atoms with van der Waals surface area (Å²) in [6.07, 6.45) is 6.06. The first kappa shape index (κ1) is 23.4. The Bertz CT molecular complexity index is 1620. The highest BCUT2D eigenvalue weighted by Crippen LogP contribution is 2.47. The molecular weight excluding hydrogens is 458 g/mol. The zero-order valence-corrected chi connectivity index (χ0v) is 21.1. The number of nitrogens with one attached hydrogen (secondary N) is 1. The third-order valence-corrected chi connectivity index (χ3v) is 7.35. The molecule has 1 N–H and O–H groups in total. The van der Waals surface area contributed by atoms with Crippen LogP contribution >= 0.6 is 0 Å². The average Bonchev–Trinajstić information content (AvgIpc) is 2.94. The van der Waals surface area contributed by atoms with Gasteiger partial charge in [-0.3, -0.25) is 0 Å². The minimum absolute atomic E-state index is 0.308. The summed E-state index contributed by atoms with van der Waals surface area (Å²) in [5, 5.41) is 6.86. The maximum atomic E-state index is 13.5. The highest BCUT2D eigenvalue weighted by Gasteiger charge is 2.32. The van der Waals surface area contributed by atoms with Gasteiger partial charge in [0, 0.05) is 22.2 Å². The van der Waals surface area contributed by atoms with Crippen LogP contribution in [0.15, 0.2) is 94.1 Å². The summed E-state index contributed by atoms with van der Waals surface area (Å²) in [5.74, 6) is 0.854. The fraction of sp³-hybridized carbons (Fsp3) is 0.242. The Labute approximate surface area is 216 Å². The van der Waals surface area contributed by atoms with Crippen LogP contribution in [0.3, 0.4) is 0 Å². The number of ether oxygens (including phenoxy) is 1. The van der Waals surface area contributed by atoms with Gasteiger partial charge in [0.2, 0.25) is 0 Å². The van der Waals surface area contributed by atoms with Gasteiger partial charge < -0.3 is 14.5 Å². The standard InChI is InChI=1S/C33H31NO3/c1-2-3-4-5-10-21-36-24-18-15-23(16-19-24)32-31-30(26-13-8-9-14-28(26)37-33(31)35)29-25-12-7-6-11-22(25)17-20-27(29)34-32/h6-9,11-20,32,34H,2-5,10,21H2,1H3. The molecule has 0 spiro atoms. The second-order valence-corrected chi connectivity index (χ2v) is 9.79. The molecule has 4 aromatic carbocycles. The fourth-order valence-electron chi connectivity index (χ4n) is 5.49. The second-order valence-electron chi connectivity index (χ2n) is 9.79. The molecule has 37 heavy (non-hydrogen) atoms. The van der Waals surface area contributed by atoms with Crippen molar-refractivity contribution in [1.82, 2.24) is 0 Å². The molecule has 2 heterocycles. The molecule has 186 valence electrons. The minimum atomic E-state index is -0.326. The normalized spacial score (nSPS) is 14.2. The van der Waals surface area contributed by atoms with Crippen molar-refractivity contribution in [1.29, 1.82) is 0 Å². The van der Waals surface area contributed by atoms with E-state index < -0.39 is 0 Å². The van der Waals surface area contributed by atoms with Crippen LogP contribution in [0.5, 0.6) is 5.75 Å². The molecule has 4 heteroatoms. The van der Waals surface area contributed by atoms with Gasteiger partial charge in [0.25, 0.3) is 0 Å². The molecule has 0 aliphatic carbocycles. The number of unbranched alkanes of at least 4 members (excludes halogenated alkanes) is 4. The molecule has 1 aliphatic rings. The predicted octanol–water partition coefficient (Wildman–Crippen LogP) is 8.48. The Hall–Kier alpha value is -4.05. The fourth-order valence-corrected chi connectivity index (χ4v) is 5.49. The summed E-state index contributed by atoms with van der Waals surface area (Å²) < 4.78 is 11.8. The van der Waals surface area contributed by atoms with Crippen molar-refractivity contribution in [2.24, 2.45) is 0 Å². The number of hydrogen-bond donors (Lipinski definition) is 1. The van der Waals surface area contributed by atoms with E-state index in [0.717, 1.165) is 57.3 Å². The Kier molecular flexibility index (Phi) is 6.40. The zero-order valence-electron chi connectivity index (χ0n) is 21.1. The van der Waals surface area contributed by atoms with Crippen molar-refractivity contribution in [2.75, 3.05) is 11.9 Å². The Morgan fingerprint density at radius 3 is 2.38 bits per heavy atom. The van der Waals surface area contributed by atoms with Crippen molar-refractivity contribution in [3.05, 3.63) is 106 Å². The van der Waals surface area contributed by atoms with E-state index in [2.05, 4.69) is 48.6 Å². The van der Waals surface area contributed by atoms with Gasteiger partial charge in [0.05, 0.1) is 18.2 Å². The van der Waals surface area contributed by atoms with Gasteiger partial charge in [-0.2, -0.15) is 0 Å². The number of fused-ring (bicyclic) bond motifs is 7. The van der Waals surface area contributed by atoms with E-state index in [-0.39, 0.29) is 11.7 Å². The van der Waals surface area contributed by atoms with Crippen molar-refractivity contribution < 1.29 is 9.15 Å². The second kappa shape index (κ2) is 10.1. The van der Waals surface area contributed by atoms with E-state index in [0.29, 0.717) is 11.1 Å². The third-order valence-electron chi connectivity index (χ3n) is 7.35. The number of anilines is 1. The van der Waals surface area contributed by atoms with Gasteiger partial charge in [-0.25, -0.2) is 4.79 Å². The molecule has 1 atom stereocenters. The lowest BCUT2D eigenvalue weighted by Crippen LogP contribution is -2.25. The molecule has 0 saturated heterocycles. The van der Waals surface area contributed by atoms with E-state index in [1.54, 1.807) is 0 Å². The maximum absolute atomic E-state index is 13.5. The molecule has 1 aromatic heterocycles. The van der Waals surface area contributed by atoms with Crippen LogP contribution < -0.4 is 15.7 Å². The molecule has 0 fully saturated rings. The number of hydrogen-bond acceptors (Lipinski definition) is 4. The van der Waals surface area contributed by atoms with Crippen LogP contribution in [0.4, 0.5) is 5.69 Å². The number of benzene rings is 4. The SMILES string of the molecule is CCCCCCCOc1ccc(C2Nc3ccc4ccccc4c3-c3c2c(=O)oc2ccccc32)cc1. The van der Waals surface area contributed by atoms with Crippen molar-refractivity contribution in [2.45, 2.75) is 45.1 Å². The molecule has 0 bridgehead atoms. The lowest BCUT2D eigenvalue weighted by atomic mass is 9.83. The van der Waals surface area contributed by atoms with Gasteiger partial charge >= 0.3 is 5.63 Å². The first-order valence-corrected chi connectivity index (χ1v) is 13.3. The predicted molar refractivity (Wildman–Crippen MR) is 152 cm³/mol. The van der Waals surface area contributed by atoms with Gasteiger partial charge in [0.1, 0.15) is 11.3 Å². The van der Waals surface area contributed by atoms with Gasteiger partial charge in [-0.15, -0.1) is 0 Å². The zero-order chi connectivity index (χ0) is 25.2. The molecule has 4 nitrogen and oxygen atoms in total. The summed E-state index contributed by atoms with van der Waals surface area (Å²) in [4.78, 5) is 13.5. The molecule has 0 radical (unpaired) electrons. The quantitative estimate of drug-likeness (QED) is 0.175. The smallest absolute Gasteiger partial charge is 0.342 e. The topological polar surface area (TPSA) is 51.5 Å². The monoisotopic (exact) mass is 489 g/mol. The Morgan fingerprint density at radius 2 is 1.54 bits per heavy atom. The lowest BCUT2D eigenvalue weighted by Gasteiger charge is -2.30. The maximum Gasteiger partial charge on any atom is 0.342 e. The summed E-state index contributed by atoms with van der Waals surface area (Å²) in [6.45, 7) is 2.95. The first-order chi connectivity index (χ1) is 18.2. The summed E-state index contributed by atoms with van der Waals surface area (Å²) >= 11 is 0. The first-order valence-electron chi connectivity index (χ1n) is 13.3. The lowest BCUT2D eigenvalue weighted by molar-refractivity contribution is 0.304. The van der Waals surface area contributed by atoms with Crippen LogP contribution in [0.1, 0.15) is 56.2 Å². The van der Waals surface area contributed by atoms with Crippen LogP contribution in [0.25, 0.3) is 32.9 Å². The van der Waals surface area contributed by atoms with Crippen LogP contribution in [-0.2, 0) is 0 Å². The molecule has 5 aromatic rings. The van der Waals surface area contributed by atoms with Crippen molar-refractivity contribution in [3.8, 4) is 16.9 Å². The van der Waals surface area contributed by atoms with Crippen LogP contribution in [0, 0.1) is 0 Å². The molecule has 0 amide bonds. The largest absolute Gasteiger partial charge is 0.494 e. The molecule has 6 rings (SSSR count).